The average molecular weight is 343 g/mol. The number of carbonyl (C=O) groups is 1. The summed E-state index contributed by atoms with van der Waals surface area (Å²) >= 11 is 0. The van der Waals surface area contributed by atoms with Crippen LogP contribution in [0, 0.1) is 17.7 Å². The van der Waals surface area contributed by atoms with E-state index >= 15 is 0 Å². The second-order valence-corrected chi connectivity index (χ2v) is 6.50. The Balaban J connectivity index is 0.00000192. The molecule has 2 unspecified atom stereocenters. The highest BCUT2D eigenvalue weighted by Crippen LogP contribution is 2.40. The molecule has 3 N–H and O–H groups in total. The van der Waals surface area contributed by atoms with Crippen molar-refractivity contribution in [1.29, 1.82) is 0 Å². The van der Waals surface area contributed by atoms with Gasteiger partial charge in [0.15, 0.2) is 0 Å². The molecule has 2 aliphatic rings. The van der Waals surface area contributed by atoms with Crippen LogP contribution in [-0.2, 0) is 0 Å². The van der Waals surface area contributed by atoms with Gasteiger partial charge in [-0.2, -0.15) is 0 Å². The van der Waals surface area contributed by atoms with Crippen LogP contribution >= 0.6 is 12.4 Å². The summed E-state index contributed by atoms with van der Waals surface area (Å²) in [5.74, 6) is 0.158. The lowest BCUT2D eigenvalue weighted by Gasteiger charge is -2.45. The van der Waals surface area contributed by atoms with Crippen molar-refractivity contribution < 1.29 is 13.9 Å². The van der Waals surface area contributed by atoms with Crippen LogP contribution in [0.25, 0.3) is 0 Å². The maximum Gasteiger partial charge on any atom is 0.258 e. The zero-order valence-corrected chi connectivity index (χ0v) is 14.1. The van der Waals surface area contributed by atoms with Gasteiger partial charge in [0.25, 0.3) is 5.91 Å². The zero-order valence-electron chi connectivity index (χ0n) is 13.3. The fourth-order valence-corrected chi connectivity index (χ4v) is 4.14. The minimum Gasteiger partial charge on any atom is -0.496 e. The Morgan fingerprint density at radius 2 is 1.96 bits per heavy atom. The first-order chi connectivity index (χ1) is 10.6. The molecule has 4 nitrogen and oxygen atoms in total. The fourth-order valence-electron chi connectivity index (χ4n) is 4.14. The average Bonchev–Trinajstić information content (AvgIpc) is 2.47. The molecule has 0 aromatic heterocycles. The summed E-state index contributed by atoms with van der Waals surface area (Å²) < 4.78 is 19.2. The Bertz CT molecular complexity index is 556. The maximum atomic E-state index is 14.0. The van der Waals surface area contributed by atoms with Gasteiger partial charge in [0.1, 0.15) is 17.1 Å². The summed E-state index contributed by atoms with van der Waals surface area (Å²) in [6.45, 7) is 0. The molecule has 2 atom stereocenters. The minimum absolute atomic E-state index is 0. The number of nitrogens with two attached hydrogens (primary N) is 1. The highest BCUT2D eigenvalue weighted by atomic mass is 35.5. The normalized spacial score (nSPS) is 29.3. The molecule has 2 aliphatic carbocycles. The van der Waals surface area contributed by atoms with Crippen LogP contribution in [0.2, 0.25) is 0 Å². The van der Waals surface area contributed by atoms with Gasteiger partial charge >= 0.3 is 0 Å². The van der Waals surface area contributed by atoms with Crippen molar-refractivity contribution in [3.05, 3.63) is 29.6 Å². The Morgan fingerprint density at radius 1 is 1.30 bits per heavy atom. The molecule has 2 saturated carbocycles. The first-order valence-corrected chi connectivity index (χ1v) is 7.99. The fraction of sp³-hybridized carbons (Fsp3) is 0.588. The van der Waals surface area contributed by atoms with E-state index in [1.807, 2.05) is 0 Å². The van der Waals surface area contributed by atoms with Gasteiger partial charge in [0, 0.05) is 12.1 Å². The molecule has 0 saturated heterocycles. The molecule has 1 amide bonds. The van der Waals surface area contributed by atoms with Crippen molar-refractivity contribution in [2.45, 2.75) is 44.2 Å². The van der Waals surface area contributed by atoms with E-state index in [2.05, 4.69) is 5.32 Å². The third-order valence-electron chi connectivity index (χ3n) is 5.10. The Morgan fingerprint density at radius 3 is 2.57 bits per heavy atom. The first kappa shape index (κ1) is 18.0. The van der Waals surface area contributed by atoms with E-state index in [-0.39, 0.29) is 41.7 Å². The van der Waals surface area contributed by atoms with Gasteiger partial charge in [-0.1, -0.05) is 12.5 Å². The molecule has 0 heterocycles. The van der Waals surface area contributed by atoms with Crippen LogP contribution in [0.5, 0.6) is 5.75 Å². The Hall–Kier alpha value is -1.33. The van der Waals surface area contributed by atoms with Gasteiger partial charge < -0.3 is 15.8 Å². The van der Waals surface area contributed by atoms with Crippen LogP contribution in [0.4, 0.5) is 4.39 Å². The third kappa shape index (κ3) is 3.61. The molecule has 3 rings (SSSR count). The third-order valence-corrected chi connectivity index (χ3v) is 5.10. The topological polar surface area (TPSA) is 64.3 Å². The van der Waals surface area contributed by atoms with Gasteiger partial charge in [-0.25, -0.2) is 4.39 Å². The standard InChI is InChI=1S/C17H23FN2O2.ClH/c1-22-14-7-3-6-13(18)15(14)17(21)20-16-10-4-2-5-11(16)9-12(19)8-10;/h3,6-7,10-12,16H,2,4-5,8-9,19H2,1H3,(H,20,21);1H. The highest BCUT2D eigenvalue weighted by Gasteiger charge is 2.40. The van der Waals surface area contributed by atoms with E-state index in [4.69, 9.17) is 10.5 Å². The molecule has 0 aliphatic heterocycles. The van der Waals surface area contributed by atoms with Crippen molar-refractivity contribution in [2.24, 2.45) is 17.6 Å². The van der Waals surface area contributed by atoms with E-state index < -0.39 is 5.82 Å². The monoisotopic (exact) mass is 342 g/mol. The number of fused-ring (bicyclic) bond motifs is 2. The van der Waals surface area contributed by atoms with Crippen LogP contribution < -0.4 is 15.8 Å². The largest absolute Gasteiger partial charge is 0.496 e. The first-order valence-electron chi connectivity index (χ1n) is 7.99. The number of benzene rings is 1. The summed E-state index contributed by atoms with van der Waals surface area (Å²) in [6, 6.07) is 4.76. The van der Waals surface area contributed by atoms with Gasteiger partial charge in [-0.05, 0) is 49.7 Å². The van der Waals surface area contributed by atoms with Gasteiger partial charge in [0.05, 0.1) is 7.11 Å². The van der Waals surface area contributed by atoms with Gasteiger partial charge in [-0.15, -0.1) is 12.4 Å². The van der Waals surface area contributed by atoms with Crippen molar-refractivity contribution in [3.63, 3.8) is 0 Å². The second kappa shape index (κ2) is 7.49. The van der Waals surface area contributed by atoms with Gasteiger partial charge in [-0.3, -0.25) is 4.79 Å². The van der Waals surface area contributed by atoms with Crippen LogP contribution in [-0.4, -0.2) is 25.1 Å². The number of halogens is 2. The number of methoxy groups -OCH3 is 1. The molecule has 1 aromatic rings. The van der Waals surface area contributed by atoms with E-state index in [9.17, 15) is 9.18 Å². The summed E-state index contributed by atoms with van der Waals surface area (Å²) in [4.78, 5) is 12.6. The zero-order chi connectivity index (χ0) is 15.7. The van der Waals surface area contributed by atoms with Crippen molar-refractivity contribution in [3.8, 4) is 5.75 Å². The number of nitrogens with one attached hydrogen (secondary N) is 1. The summed E-state index contributed by atoms with van der Waals surface area (Å²) in [6.07, 6.45) is 5.25. The lowest BCUT2D eigenvalue weighted by Crippen LogP contribution is -2.53. The predicted octanol–water partition coefficient (Wildman–Crippen LogP) is 2.89. The lowest BCUT2D eigenvalue weighted by molar-refractivity contribution is 0.0750. The molecule has 6 heteroatoms. The number of hydrogen-bond donors (Lipinski definition) is 2. The number of amides is 1. The SMILES string of the molecule is COc1cccc(F)c1C(=O)NC1C2CCCC1CC(N)C2.Cl. The number of carbonyl (C=O) groups excluding carboxylic acids is 1. The molecule has 23 heavy (non-hydrogen) atoms. The molecule has 2 bridgehead atoms. The number of rotatable bonds is 3. The predicted molar refractivity (Wildman–Crippen MR) is 89.5 cm³/mol. The second-order valence-electron chi connectivity index (χ2n) is 6.50. The van der Waals surface area contributed by atoms with Crippen molar-refractivity contribution >= 4 is 18.3 Å². The highest BCUT2D eigenvalue weighted by molar-refractivity contribution is 5.97. The van der Waals surface area contributed by atoms with Crippen LogP contribution in [0.1, 0.15) is 42.5 Å². The number of ether oxygens (including phenoxy) is 1. The Kier molecular flexibility index (Phi) is 5.87. The van der Waals surface area contributed by atoms with Crippen molar-refractivity contribution in [2.75, 3.05) is 7.11 Å². The number of hydrogen-bond acceptors (Lipinski definition) is 3. The lowest BCUT2D eigenvalue weighted by atomic mass is 9.67. The smallest absolute Gasteiger partial charge is 0.258 e. The molecule has 128 valence electrons. The molecule has 2 fully saturated rings. The molecule has 0 spiro atoms. The molecular formula is C17H24ClFN2O2. The van der Waals surface area contributed by atoms with Crippen LogP contribution in [0.3, 0.4) is 0 Å². The van der Waals surface area contributed by atoms with E-state index in [0.717, 1.165) is 25.7 Å². The summed E-state index contributed by atoms with van der Waals surface area (Å²) in [7, 11) is 1.44. The van der Waals surface area contributed by atoms with Crippen LogP contribution in [0.15, 0.2) is 18.2 Å². The summed E-state index contributed by atoms with van der Waals surface area (Å²) in [5, 5.41) is 3.06. The van der Waals surface area contributed by atoms with E-state index in [1.54, 1.807) is 12.1 Å². The van der Waals surface area contributed by atoms with Crippen molar-refractivity contribution in [1.82, 2.24) is 5.32 Å². The quantitative estimate of drug-likeness (QED) is 0.887. The molecular weight excluding hydrogens is 319 g/mol. The minimum atomic E-state index is -0.547. The van der Waals surface area contributed by atoms with Gasteiger partial charge in [0.2, 0.25) is 0 Å². The van der Waals surface area contributed by atoms with E-state index in [0.29, 0.717) is 11.8 Å². The summed E-state index contributed by atoms with van der Waals surface area (Å²) in [5.41, 5.74) is 6.10. The van der Waals surface area contributed by atoms with E-state index in [1.165, 1.54) is 19.6 Å². The molecule has 1 aromatic carbocycles. The maximum absolute atomic E-state index is 14.0. The molecule has 0 radical (unpaired) electrons. The Labute approximate surface area is 142 Å².